The van der Waals surface area contributed by atoms with Gasteiger partial charge in [-0.25, -0.2) is 4.98 Å². The molecule has 20 heavy (non-hydrogen) atoms. The minimum Gasteiger partial charge on any atom is -0.329 e. The van der Waals surface area contributed by atoms with Gasteiger partial charge in [0.25, 0.3) is 0 Å². The van der Waals surface area contributed by atoms with Crippen LogP contribution >= 0.6 is 11.3 Å². The summed E-state index contributed by atoms with van der Waals surface area (Å²) in [5.41, 5.74) is 0. The summed E-state index contributed by atoms with van der Waals surface area (Å²) in [5, 5.41) is 2.96. The normalized spacial score (nSPS) is 27.9. The van der Waals surface area contributed by atoms with E-state index in [1.807, 2.05) is 12.3 Å². The van der Waals surface area contributed by atoms with Gasteiger partial charge in [-0.05, 0) is 19.8 Å². The first-order valence-corrected chi connectivity index (χ1v) is 7.98. The van der Waals surface area contributed by atoms with Crippen LogP contribution in [0.25, 0.3) is 0 Å². The van der Waals surface area contributed by atoms with Gasteiger partial charge >= 0.3 is 0 Å². The average Bonchev–Trinajstić information content (AvgIpc) is 3.10. The van der Waals surface area contributed by atoms with Gasteiger partial charge in [-0.2, -0.15) is 0 Å². The van der Waals surface area contributed by atoms with E-state index in [-0.39, 0.29) is 29.8 Å². The Hall–Kier alpha value is -1.43. The lowest BCUT2D eigenvalue weighted by Gasteiger charge is -2.41. The second-order valence-electron chi connectivity index (χ2n) is 5.63. The van der Waals surface area contributed by atoms with Crippen LogP contribution in [0.5, 0.6) is 0 Å². The average molecular weight is 293 g/mol. The van der Waals surface area contributed by atoms with E-state index < -0.39 is 0 Å². The molecule has 3 heterocycles. The fourth-order valence-corrected chi connectivity index (χ4v) is 3.83. The van der Waals surface area contributed by atoms with Gasteiger partial charge in [-0.15, -0.1) is 11.3 Å². The van der Waals surface area contributed by atoms with E-state index in [1.165, 1.54) is 0 Å². The van der Waals surface area contributed by atoms with E-state index in [1.54, 1.807) is 27.3 Å². The largest absolute Gasteiger partial charge is 0.329 e. The van der Waals surface area contributed by atoms with Crippen molar-refractivity contribution in [3.8, 4) is 0 Å². The first-order valence-electron chi connectivity index (χ1n) is 7.10. The Labute approximate surface area is 122 Å². The van der Waals surface area contributed by atoms with E-state index in [9.17, 15) is 9.59 Å². The minimum absolute atomic E-state index is 0.0958. The lowest BCUT2D eigenvalue weighted by atomic mass is 10.0. The molecule has 2 amide bonds. The smallest absolute Gasteiger partial charge is 0.246 e. The van der Waals surface area contributed by atoms with Crippen molar-refractivity contribution >= 4 is 23.2 Å². The van der Waals surface area contributed by atoms with Crippen molar-refractivity contribution in [1.29, 1.82) is 0 Å². The maximum Gasteiger partial charge on any atom is 0.246 e. The molecule has 0 aliphatic carbocycles. The second kappa shape index (κ2) is 5.16. The molecule has 2 fully saturated rings. The second-order valence-corrected chi connectivity index (χ2v) is 6.55. The molecule has 0 saturated carbocycles. The predicted octanol–water partition coefficient (Wildman–Crippen LogP) is 1.47. The molecule has 2 aliphatic rings. The summed E-state index contributed by atoms with van der Waals surface area (Å²) in [7, 11) is 0. The third kappa shape index (κ3) is 2.12. The highest BCUT2D eigenvalue weighted by atomic mass is 32.1. The lowest BCUT2D eigenvalue weighted by molar-refractivity contribution is -0.158. The molecule has 3 rings (SSSR count). The molecular formula is C14H19N3O2S. The van der Waals surface area contributed by atoms with E-state index in [4.69, 9.17) is 0 Å². The number of carbonyl (C=O) groups excluding carboxylic acids is 2. The molecule has 6 heteroatoms. The van der Waals surface area contributed by atoms with Crippen LogP contribution in [-0.4, -0.2) is 51.8 Å². The summed E-state index contributed by atoms with van der Waals surface area (Å²) in [6.07, 6.45) is 3.52. The van der Waals surface area contributed by atoms with Crippen LogP contribution < -0.4 is 0 Å². The lowest BCUT2D eigenvalue weighted by Crippen LogP contribution is -2.62. The SMILES string of the molecule is CC(CN1C(=O)C2CCCN2C(=O)C1C)c1nccs1. The molecule has 5 nitrogen and oxygen atoms in total. The fourth-order valence-electron chi connectivity index (χ4n) is 3.14. The zero-order chi connectivity index (χ0) is 14.3. The molecule has 0 radical (unpaired) electrons. The molecule has 0 N–H and O–H groups in total. The zero-order valence-electron chi connectivity index (χ0n) is 11.8. The highest BCUT2D eigenvalue weighted by molar-refractivity contribution is 7.09. The Morgan fingerprint density at radius 3 is 2.95 bits per heavy atom. The van der Waals surface area contributed by atoms with Gasteiger partial charge in [0.05, 0.1) is 5.01 Å². The van der Waals surface area contributed by atoms with Crippen LogP contribution in [0, 0.1) is 0 Å². The monoisotopic (exact) mass is 293 g/mol. The highest BCUT2D eigenvalue weighted by Gasteiger charge is 2.46. The van der Waals surface area contributed by atoms with Crippen LogP contribution in [0.2, 0.25) is 0 Å². The highest BCUT2D eigenvalue weighted by Crippen LogP contribution is 2.29. The summed E-state index contributed by atoms with van der Waals surface area (Å²) >= 11 is 1.60. The maximum atomic E-state index is 12.6. The van der Waals surface area contributed by atoms with Crippen LogP contribution in [0.15, 0.2) is 11.6 Å². The third-order valence-electron chi connectivity index (χ3n) is 4.27. The molecule has 1 aromatic heterocycles. The molecule has 2 saturated heterocycles. The molecule has 3 unspecified atom stereocenters. The number of amides is 2. The topological polar surface area (TPSA) is 53.5 Å². The van der Waals surface area contributed by atoms with E-state index in [0.29, 0.717) is 6.54 Å². The standard InChI is InChI=1S/C14H19N3O2S/c1-9(12-15-5-7-20-12)8-17-10(2)13(18)16-6-3-4-11(16)14(17)19/h5,7,9-11H,3-4,6,8H2,1-2H3. The number of carbonyl (C=O) groups is 2. The van der Waals surface area contributed by atoms with Crippen LogP contribution in [0.4, 0.5) is 0 Å². The van der Waals surface area contributed by atoms with Gasteiger partial charge in [-0.3, -0.25) is 9.59 Å². The summed E-state index contributed by atoms with van der Waals surface area (Å²) in [6, 6.07) is -0.568. The number of nitrogens with zero attached hydrogens (tertiary/aromatic N) is 3. The molecule has 108 valence electrons. The van der Waals surface area contributed by atoms with Crippen molar-refractivity contribution < 1.29 is 9.59 Å². The van der Waals surface area contributed by atoms with Crippen LogP contribution in [0.3, 0.4) is 0 Å². The van der Waals surface area contributed by atoms with Crippen molar-refractivity contribution in [2.75, 3.05) is 13.1 Å². The van der Waals surface area contributed by atoms with E-state index in [2.05, 4.69) is 11.9 Å². The van der Waals surface area contributed by atoms with Crippen molar-refractivity contribution in [2.45, 2.75) is 44.7 Å². The van der Waals surface area contributed by atoms with Crippen molar-refractivity contribution in [2.24, 2.45) is 0 Å². The molecule has 3 atom stereocenters. The number of fused-ring (bicyclic) bond motifs is 1. The van der Waals surface area contributed by atoms with E-state index in [0.717, 1.165) is 24.4 Å². The number of rotatable bonds is 3. The first kappa shape index (κ1) is 13.5. The van der Waals surface area contributed by atoms with Crippen LogP contribution in [-0.2, 0) is 9.59 Å². The quantitative estimate of drug-likeness (QED) is 0.848. The third-order valence-corrected chi connectivity index (χ3v) is 5.28. The number of hydrogen-bond donors (Lipinski definition) is 0. The summed E-state index contributed by atoms with van der Waals surface area (Å²) in [4.78, 5) is 32.7. The van der Waals surface area contributed by atoms with Gasteiger partial charge in [-0.1, -0.05) is 6.92 Å². The van der Waals surface area contributed by atoms with Gasteiger partial charge in [0, 0.05) is 30.6 Å². The van der Waals surface area contributed by atoms with Gasteiger partial charge < -0.3 is 9.80 Å². The molecule has 2 aliphatic heterocycles. The minimum atomic E-state index is -0.348. The Morgan fingerprint density at radius 2 is 2.25 bits per heavy atom. The Balaban J connectivity index is 1.78. The predicted molar refractivity (Wildman–Crippen MR) is 76.4 cm³/mol. The van der Waals surface area contributed by atoms with Crippen molar-refractivity contribution in [3.05, 3.63) is 16.6 Å². The van der Waals surface area contributed by atoms with Gasteiger partial charge in [0.15, 0.2) is 0 Å². The number of piperazine rings is 1. The maximum absolute atomic E-state index is 12.6. The molecule has 1 aromatic rings. The summed E-state index contributed by atoms with van der Waals surface area (Å²) in [5.74, 6) is 0.374. The van der Waals surface area contributed by atoms with Crippen molar-refractivity contribution in [1.82, 2.24) is 14.8 Å². The van der Waals surface area contributed by atoms with Gasteiger partial charge in [0.2, 0.25) is 11.8 Å². The molecule has 0 bridgehead atoms. The molecule has 0 spiro atoms. The number of hydrogen-bond acceptors (Lipinski definition) is 4. The first-order chi connectivity index (χ1) is 9.59. The number of aromatic nitrogens is 1. The summed E-state index contributed by atoms with van der Waals surface area (Å²) < 4.78 is 0. The Bertz CT molecular complexity index is 516. The Kier molecular flexibility index (Phi) is 3.50. The van der Waals surface area contributed by atoms with E-state index >= 15 is 0 Å². The molecular weight excluding hydrogens is 274 g/mol. The summed E-state index contributed by atoms with van der Waals surface area (Å²) in [6.45, 7) is 5.20. The Morgan fingerprint density at radius 1 is 1.45 bits per heavy atom. The number of thiazole rings is 1. The molecule has 0 aromatic carbocycles. The van der Waals surface area contributed by atoms with Crippen LogP contribution in [0.1, 0.15) is 37.6 Å². The fraction of sp³-hybridized carbons (Fsp3) is 0.643. The van der Waals surface area contributed by atoms with Gasteiger partial charge in [0.1, 0.15) is 12.1 Å². The zero-order valence-corrected chi connectivity index (χ0v) is 12.6. The van der Waals surface area contributed by atoms with Crippen molar-refractivity contribution in [3.63, 3.8) is 0 Å².